The zero-order chi connectivity index (χ0) is 20.2. The minimum atomic E-state index is -4.58. The molecule has 0 atom stereocenters. The second-order valence-electron chi connectivity index (χ2n) is 5.16. The van der Waals surface area contributed by atoms with Crippen molar-refractivity contribution < 1.29 is 37.5 Å². The van der Waals surface area contributed by atoms with Crippen LogP contribution in [0, 0.1) is 10.1 Å². The molecule has 0 unspecified atom stereocenters. The van der Waals surface area contributed by atoms with Crippen LogP contribution in [0.1, 0.15) is 15.9 Å². The van der Waals surface area contributed by atoms with E-state index in [-0.39, 0.29) is 17.0 Å². The second kappa shape index (κ2) is 7.72. The third-order valence-corrected chi connectivity index (χ3v) is 3.24. The number of rotatable bonds is 6. The predicted molar refractivity (Wildman–Crippen MR) is 85.6 cm³/mol. The number of hydrogen-bond donors (Lipinski definition) is 2. The summed E-state index contributed by atoms with van der Waals surface area (Å²) in [5, 5.41) is 22.0. The van der Waals surface area contributed by atoms with Gasteiger partial charge in [0.2, 0.25) is 0 Å². The maximum absolute atomic E-state index is 12.6. The Kier molecular flexibility index (Phi) is 5.63. The van der Waals surface area contributed by atoms with Crippen LogP contribution >= 0.6 is 0 Å². The van der Waals surface area contributed by atoms with E-state index in [1.807, 2.05) is 0 Å². The van der Waals surface area contributed by atoms with Crippen molar-refractivity contribution in [3.05, 3.63) is 63.7 Å². The molecule has 2 aromatic rings. The zero-order valence-corrected chi connectivity index (χ0v) is 13.3. The van der Waals surface area contributed by atoms with E-state index in [0.29, 0.717) is 0 Å². The number of nitro groups is 1. The standard InChI is InChI=1S/C16H11F3N2O6/c17-16(18,19)10-2-1-3-11(7-10)20-14(22)8-27-13-5-4-9(15(23)24)6-12(13)21(25)26/h1-7H,8H2,(H,20,22)(H,23,24). The fourth-order valence-corrected chi connectivity index (χ4v) is 2.03. The minimum Gasteiger partial charge on any atom is -0.478 e. The van der Waals surface area contributed by atoms with Crippen LogP contribution in [-0.4, -0.2) is 28.5 Å². The summed E-state index contributed by atoms with van der Waals surface area (Å²) in [7, 11) is 0. The van der Waals surface area contributed by atoms with Gasteiger partial charge in [-0.25, -0.2) is 4.79 Å². The normalized spacial score (nSPS) is 10.9. The number of nitrogens with zero attached hydrogens (tertiary/aromatic N) is 1. The van der Waals surface area contributed by atoms with Crippen molar-refractivity contribution >= 4 is 23.3 Å². The number of amides is 1. The number of hydrogen-bond acceptors (Lipinski definition) is 5. The molecule has 11 heteroatoms. The van der Waals surface area contributed by atoms with Crippen molar-refractivity contribution in [3.63, 3.8) is 0 Å². The lowest BCUT2D eigenvalue weighted by molar-refractivity contribution is -0.385. The highest BCUT2D eigenvalue weighted by Gasteiger charge is 2.30. The lowest BCUT2D eigenvalue weighted by atomic mass is 10.2. The van der Waals surface area contributed by atoms with Crippen LogP contribution in [0.2, 0.25) is 0 Å². The van der Waals surface area contributed by atoms with Crippen molar-refractivity contribution in [1.29, 1.82) is 0 Å². The number of benzene rings is 2. The van der Waals surface area contributed by atoms with E-state index in [1.165, 1.54) is 6.07 Å². The van der Waals surface area contributed by atoms with Crippen LogP contribution in [0.25, 0.3) is 0 Å². The molecule has 0 fully saturated rings. The SMILES string of the molecule is O=C(COc1ccc(C(=O)O)cc1[N+](=O)[O-])Nc1cccc(C(F)(F)F)c1. The average molecular weight is 384 g/mol. The largest absolute Gasteiger partial charge is 0.478 e. The highest BCUT2D eigenvalue weighted by molar-refractivity contribution is 5.92. The topological polar surface area (TPSA) is 119 Å². The summed E-state index contributed by atoms with van der Waals surface area (Å²) in [5.41, 5.74) is -2.10. The first-order valence-corrected chi connectivity index (χ1v) is 7.19. The maximum atomic E-state index is 12.6. The Balaban J connectivity index is 2.08. The zero-order valence-electron chi connectivity index (χ0n) is 13.3. The van der Waals surface area contributed by atoms with Gasteiger partial charge in [0.15, 0.2) is 12.4 Å². The third-order valence-electron chi connectivity index (χ3n) is 3.24. The van der Waals surface area contributed by atoms with E-state index in [2.05, 4.69) is 5.32 Å². The Morgan fingerprint density at radius 1 is 1.19 bits per heavy atom. The van der Waals surface area contributed by atoms with Crippen LogP contribution in [-0.2, 0) is 11.0 Å². The molecule has 0 heterocycles. The van der Waals surface area contributed by atoms with Gasteiger partial charge in [0, 0.05) is 11.8 Å². The van der Waals surface area contributed by atoms with Gasteiger partial charge >= 0.3 is 17.8 Å². The summed E-state index contributed by atoms with van der Waals surface area (Å²) in [4.78, 5) is 32.8. The molecule has 0 aliphatic rings. The van der Waals surface area contributed by atoms with Gasteiger partial charge in [-0.2, -0.15) is 13.2 Å². The van der Waals surface area contributed by atoms with Gasteiger partial charge in [0.05, 0.1) is 16.1 Å². The number of aromatic carboxylic acids is 1. The average Bonchev–Trinajstić information content (AvgIpc) is 2.59. The van der Waals surface area contributed by atoms with Crippen molar-refractivity contribution in [2.45, 2.75) is 6.18 Å². The molecule has 2 aromatic carbocycles. The van der Waals surface area contributed by atoms with Gasteiger partial charge in [0.1, 0.15) is 0 Å². The second-order valence-corrected chi connectivity index (χ2v) is 5.16. The molecule has 1 amide bonds. The molecule has 2 rings (SSSR count). The van der Waals surface area contributed by atoms with E-state index in [4.69, 9.17) is 9.84 Å². The molecular weight excluding hydrogens is 373 g/mol. The molecule has 0 radical (unpaired) electrons. The monoisotopic (exact) mass is 384 g/mol. The number of alkyl halides is 3. The summed E-state index contributed by atoms with van der Waals surface area (Å²) in [6.07, 6.45) is -4.58. The van der Waals surface area contributed by atoms with Crippen molar-refractivity contribution in [2.75, 3.05) is 11.9 Å². The van der Waals surface area contributed by atoms with Crippen molar-refractivity contribution in [2.24, 2.45) is 0 Å². The highest BCUT2D eigenvalue weighted by Crippen LogP contribution is 2.31. The van der Waals surface area contributed by atoms with Gasteiger partial charge in [-0.1, -0.05) is 6.07 Å². The van der Waals surface area contributed by atoms with Gasteiger partial charge in [-0.05, 0) is 30.3 Å². The summed E-state index contributed by atoms with van der Waals surface area (Å²) >= 11 is 0. The predicted octanol–water partition coefficient (Wildman–Crippen LogP) is 3.33. The summed E-state index contributed by atoms with van der Waals surface area (Å²) < 4.78 is 42.9. The van der Waals surface area contributed by atoms with Gasteiger partial charge in [0.25, 0.3) is 5.91 Å². The van der Waals surface area contributed by atoms with Crippen LogP contribution in [0.5, 0.6) is 5.75 Å². The molecule has 0 aliphatic heterocycles. The highest BCUT2D eigenvalue weighted by atomic mass is 19.4. The molecule has 8 nitrogen and oxygen atoms in total. The molecule has 27 heavy (non-hydrogen) atoms. The van der Waals surface area contributed by atoms with E-state index >= 15 is 0 Å². The molecule has 0 bridgehead atoms. The van der Waals surface area contributed by atoms with Gasteiger partial charge in [-0.3, -0.25) is 14.9 Å². The number of ether oxygens (including phenoxy) is 1. The van der Waals surface area contributed by atoms with Crippen molar-refractivity contribution in [3.8, 4) is 5.75 Å². The van der Waals surface area contributed by atoms with Gasteiger partial charge < -0.3 is 15.2 Å². The molecule has 2 N–H and O–H groups in total. The first kappa shape index (κ1) is 19.7. The van der Waals surface area contributed by atoms with Gasteiger partial charge in [-0.15, -0.1) is 0 Å². The Hall–Kier alpha value is -3.63. The number of anilines is 1. The Morgan fingerprint density at radius 2 is 1.89 bits per heavy atom. The fraction of sp³-hybridized carbons (Fsp3) is 0.125. The van der Waals surface area contributed by atoms with E-state index in [1.54, 1.807) is 0 Å². The number of nitro benzene ring substituents is 1. The third kappa shape index (κ3) is 5.17. The van der Waals surface area contributed by atoms with E-state index in [9.17, 15) is 32.9 Å². The van der Waals surface area contributed by atoms with Crippen LogP contribution in [0.15, 0.2) is 42.5 Å². The quantitative estimate of drug-likeness (QED) is 0.582. The van der Waals surface area contributed by atoms with Crippen molar-refractivity contribution in [1.82, 2.24) is 0 Å². The fourth-order valence-electron chi connectivity index (χ4n) is 2.03. The molecular formula is C16H11F3N2O6. The maximum Gasteiger partial charge on any atom is 0.416 e. The number of nitrogens with one attached hydrogen (secondary N) is 1. The molecule has 0 aromatic heterocycles. The minimum absolute atomic E-state index is 0.130. The van der Waals surface area contributed by atoms with Crippen LogP contribution < -0.4 is 10.1 Å². The Morgan fingerprint density at radius 3 is 2.48 bits per heavy atom. The number of carboxylic acids is 1. The summed E-state index contributed by atoms with van der Waals surface area (Å²) in [6.45, 7) is -0.733. The first-order chi connectivity index (χ1) is 12.6. The first-order valence-electron chi connectivity index (χ1n) is 7.19. The molecule has 0 aliphatic carbocycles. The number of halogens is 3. The lowest BCUT2D eigenvalue weighted by Gasteiger charge is -2.11. The smallest absolute Gasteiger partial charge is 0.416 e. The molecule has 0 spiro atoms. The van der Waals surface area contributed by atoms with Crippen LogP contribution in [0.3, 0.4) is 0 Å². The Labute approximate surface area is 149 Å². The van der Waals surface area contributed by atoms with Crippen LogP contribution in [0.4, 0.5) is 24.5 Å². The number of carbonyl (C=O) groups is 2. The Bertz CT molecular complexity index is 898. The van der Waals surface area contributed by atoms with E-state index < -0.39 is 40.8 Å². The van der Waals surface area contributed by atoms with E-state index in [0.717, 1.165) is 36.4 Å². The molecule has 0 saturated carbocycles. The summed E-state index contributed by atoms with van der Waals surface area (Å²) in [5.74, 6) is -2.60. The molecule has 142 valence electrons. The number of carboxylic acid groups (broad SMARTS) is 1. The molecule has 0 saturated heterocycles. The summed E-state index contributed by atoms with van der Waals surface area (Å²) in [6, 6.07) is 6.73. The number of carbonyl (C=O) groups excluding carboxylic acids is 1. The lowest BCUT2D eigenvalue weighted by Crippen LogP contribution is -2.21.